The third-order valence-electron chi connectivity index (χ3n) is 2.87. The lowest BCUT2D eigenvalue weighted by Gasteiger charge is -2.06. The van der Waals surface area contributed by atoms with Crippen LogP contribution in [0, 0.1) is 0 Å². The molecule has 3 rings (SSSR count). The zero-order valence-corrected chi connectivity index (χ0v) is 10.8. The Morgan fingerprint density at radius 1 is 1.30 bits per heavy atom. The van der Waals surface area contributed by atoms with Crippen LogP contribution in [0.3, 0.4) is 0 Å². The summed E-state index contributed by atoms with van der Waals surface area (Å²) in [5.74, 6) is 0.256. The molecule has 0 saturated heterocycles. The molecule has 0 saturated carbocycles. The van der Waals surface area contributed by atoms with Crippen molar-refractivity contribution in [2.45, 2.75) is 0 Å². The second-order valence-corrected chi connectivity index (χ2v) is 4.16. The summed E-state index contributed by atoms with van der Waals surface area (Å²) in [5, 5.41) is 6.91. The molecule has 20 heavy (non-hydrogen) atoms. The molecule has 0 spiro atoms. The largest absolute Gasteiger partial charge is 0.481 e. The number of nitrogens with zero attached hydrogens (tertiary/aromatic N) is 3. The maximum Gasteiger partial charge on any atom is 0.257 e. The Hall–Kier alpha value is -2.89. The molecule has 100 valence electrons. The molecular formula is C14H12N4O2. The van der Waals surface area contributed by atoms with Crippen molar-refractivity contribution < 1.29 is 9.53 Å². The first-order valence-electron chi connectivity index (χ1n) is 6.01. The average molecular weight is 268 g/mol. The van der Waals surface area contributed by atoms with E-state index in [1.54, 1.807) is 35.1 Å². The summed E-state index contributed by atoms with van der Waals surface area (Å²) in [4.78, 5) is 16.1. The zero-order valence-electron chi connectivity index (χ0n) is 10.8. The Balaban J connectivity index is 1.80. The van der Waals surface area contributed by atoms with E-state index in [4.69, 9.17) is 4.74 Å². The molecule has 0 aromatic carbocycles. The highest BCUT2D eigenvalue weighted by Gasteiger charge is 2.07. The quantitative estimate of drug-likeness (QED) is 0.788. The topological polar surface area (TPSA) is 68.5 Å². The molecule has 6 heteroatoms. The third-order valence-corrected chi connectivity index (χ3v) is 2.87. The van der Waals surface area contributed by atoms with Crippen molar-refractivity contribution in [3.05, 3.63) is 54.5 Å². The van der Waals surface area contributed by atoms with Gasteiger partial charge in [0.1, 0.15) is 0 Å². The molecule has 0 bridgehead atoms. The molecule has 3 aromatic heterocycles. The summed E-state index contributed by atoms with van der Waals surface area (Å²) in [6, 6.07) is 8.81. The number of amides is 1. The van der Waals surface area contributed by atoms with Crippen molar-refractivity contribution >= 4 is 17.1 Å². The molecule has 0 unspecified atom stereocenters. The summed E-state index contributed by atoms with van der Waals surface area (Å²) in [7, 11) is 1.53. The molecule has 0 radical (unpaired) electrons. The van der Waals surface area contributed by atoms with Crippen LogP contribution in [0.4, 0.5) is 5.69 Å². The minimum atomic E-state index is -0.219. The molecule has 1 amide bonds. The van der Waals surface area contributed by atoms with Crippen LogP contribution in [0.5, 0.6) is 5.88 Å². The van der Waals surface area contributed by atoms with Gasteiger partial charge in [0.15, 0.2) is 0 Å². The van der Waals surface area contributed by atoms with Crippen LogP contribution in [0.15, 0.2) is 48.9 Å². The fraction of sp³-hybridized carbons (Fsp3) is 0.0714. The van der Waals surface area contributed by atoms with E-state index in [-0.39, 0.29) is 5.91 Å². The van der Waals surface area contributed by atoms with Gasteiger partial charge in [-0.2, -0.15) is 5.10 Å². The highest BCUT2D eigenvalue weighted by molar-refractivity contribution is 6.04. The van der Waals surface area contributed by atoms with Crippen molar-refractivity contribution in [1.82, 2.24) is 14.6 Å². The molecule has 0 aliphatic heterocycles. The van der Waals surface area contributed by atoms with Crippen LogP contribution in [0.2, 0.25) is 0 Å². The van der Waals surface area contributed by atoms with Crippen molar-refractivity contribution in [2.75, 3.05) is 12.4 Å². The molecule has 1 N–H and O–H groups in total. The number of methoxy groups -OCH3 is 1. The second-order valence-electron chi connectivity index (χ2n) is 4.16. The van der Waals surface area contributed by atoms with Crippen LogP contribution in [-0.4, -0.2) is 27.6 Å². The Morgan fingerprint density at radius 2 is 2.20 bits per heavy atom. The molecule has 3 heterocycles. The fourth-order valence-corrected chi connectivity index (χ4v) is 1.84. The minimum Gasteiger partial charge on any atom is -0.481 e. The first-order valence-corrected chi connectivity index (χ1v) is 6.01. The molecule has 6 nitrogen and oxygen atoms in total. The Bertz CT molecular complexity index is 749. The summed E-state index contributed by atoms with van der Waals surface area (Å²) < 4.78 is 6.68. The van der Waals surface area contributed by atoms with Crippen LogP contribution < -0.4 is 10.1 Å². The number of nitrogens with one attached hydrogen (secondary N) is 1. The van der Waals surface area contributed by atoms with Crippen LogP contribution >= 0.6 is 0 Å². The van der Waals surface area contributed by atoms with E-state index in [1.807, 2.05) is 12.1 Å². The fourth-order valence-electron chi connectivity index (χ4n) is 1.84. The van der Waals surface area contributed by atoms with Gasteiger partial charge in [-0.05, 0) is 24.3 Å². The molecule has 0 fully saturated rings. The van der Waals surface area contributed by atoms with Gasteiger partial charge < -0.3 is 10.1 Å². The average Bonchev–Trinajstić information content (AvgIpc) is 2.95. The number of hydrogen-bond donors (Lipinski definition) is 1. The first-order chi connectivity index (χ1) is 9.76. The van der Waals surface area contributed by atoms with Gasteiger partial charge in [-0.1, -0.05) is 0 Å². The normalized spacial score (nSPS) is 10.4. The third kappa shape index (κ3) is 2.31. The summed E-state index contributed by atoms with van der Waals surface area (Å²) in [6.07, 6.45) is 4.97. The van der Waals surface area contributed by atoms with Gasteiger partial charge >= 0.3 is 0 Å². The number of aromatic nitrogens is 3. The number of rotatable bonds is 3. The maximum atomic E-state index is 12.1. The number of carbonyl (C=O) groups is 1. The van der Waals surface area contributed by atoms with E-state index in [9.17, 15) is 4.79 Å². The predicted molar refractivity (Wildman–Crippen MR) is 73.9 cm³/mol. The number of carbonyl (C=O) groups excluding carboxylic acids is 1. The second kappa shape index (κ2) is 5.00. The summed E-state index contributed by atoms with van der Waals surface area (Å²) >= 11 is 0. The monoisotopic (exact) mass is 268 g/mol. The van der Waals surface area contributed by atoms with Gasteiger partial charge in [-0.25, -0.2) is 9.50 Å². The number of anilines is 1. The van der Waals surface area contributed by atoms with E-state index < -0.39 is 0 Å². The highest BCUT2D eigenvalue weighted by atomic mass is 16.5. The lowest BCUT2D eigenvalue weighted by Crippen LogP contribution is -2.12. The van der Waals surface area contributed by atoms with Gasteiger partial charge in [-0.3, -0.25) is 4.79 Å². The number of fused-ring (bicyclic) bond motifs is 1. The summed E-state index contributed by atoms with van der Waals surface area (Å²) in [5.41, 5.74) is 2.09. The van der Waals surface area contributed by atoms with Gasteiger partial charge in [0.05, 0.1) is 18.2 Å². The first kappa shape index (κ1) is 12.2. The zero-order chi connectivity index (χ0) is 13.9. The van der Waals surface area contributed by atoms with Crippen molar-refractivity contribution in [3.8, 4) is 5.88 Å². The lowest BCUT2D eigenvalue weighted by atomic mass is 10.2. The van der Waals surface area contributed by atoms with Gasteiger partial charge in [0.2, 0.25) is 5.88 Å². The van der Waals surface area contributed by atoms with E-state index >= 15 is 0 Å². The number of hydrogen-bond acceptors (Lipinski definition) is 4. The minimum absolute atomic E-state index is 0.219. The molecule has 0 atom stereocenters. The summed E-state index contributed by atoms with van der Waals surface area (Å²) in [6.45, 7) is 0. The Kier molecular flexibility index (Phi) is 3.04. The molecule has 3 aromatic rings. The van der Waals surface area contributed by atoms with Crippen molar-refractivity contribution in [3.63, 3.8) is 0 Å². The SMILES string of the molecule is COc1ccc(C(=O)Nc2ccn3nccc3c2)cn1. The van der Waals surface area contributed by atoms with Gasteiger partial charge in [0, 0.05) is 30.3 Å². The predicted octanol–water partition coefficient (Wildman–Crippen LogP) is 1.99. The molecular weight excluding hydrogens is 256 g/mol. The Morgan fingerprint density at radius 3 is 2.95 bits per heavy atom. The Labute approximate surface area is 115 Å². The lowest BCUT2D eigenvalue weighted by molar-refractivity contribution is 0.102. The standard InChI is InChI=1S/C14H12N4O2/c1-20-13-3-2-10(9-15-13)14(19)17-11-5-7-18-12(8-11)4-6-16-18/h2-9H,1H3,(H,17,19). The van der Waals surface area contributed by atoms with E-state index in [0.29, 0.717) is 17.1 Å². The van der Waals surface area contributed by atoms with Crippen molar-refractivity contribution in [1.29, 1.82) is 0 Å². The van der Waals surface area contributed by atoms with Gasteiger partial charge in [0.25, 0.3) is 5.91 Å². The van der Waals surface area contributed by atoms with Crippen LogP contribution in [0.25, 0.3) is 5.52 Å². The molecule has 0 aliphatic carbocycles. The number of pyridine rings is 2. The van der Waals surface area contributed by atoms with Gasteiger partial charge in [-0.15, -0.1) is 0 Å². The van der Waals surface area contributed by atoms with Crippen molar-refractivity contribution in [2.24, 2.45) is 0 Å². The molecule has 0 aliphatic rings. The number of ether oxygens (including phenoxy) is 1. The highest BCUT2D eigenvalue weighted by Crippen LogP contribution is 2.13. The van der Waals surface area contributed by atoms with E-state index in [2.05, 4.69) is 15.4 Å². The van der Waals surface area contributed by atoms with Crippen LogP contribution in [0.1, 0.15) is 10.4 Å². The van der Waals surface area contributed by atoms with E-state index in [1.165, 1.54) is 13.3 Å². The van der Waals surface area contributed by atoms with Crippen LogP contribution in [-0.2, 0) is 0 Å². The maximum absolute atomic E-state index is 12.1. The van der Waals surface area contributed by atoms with E-state index in [0.717, 1.165) is 5.52 Å². The smallest absolute Gasteiger partial charge is 0.257 e.